The number of hydrogen-bond acceptors (Lipinski definition) is 9. The number of rotatable bonds is 6. The van der Waals surface area contributed by atoms with Gasteiger partial charge in [0.2, 0.25) is 6.79 Å². The van der Waals surface area contributed by atoms with E-state index in [9.17, 15) is 9.59 Å². The Bertz CT molecular complexity index is 827. The highest BCUT2D eigenvalue weighted by Gasteiger charge is 2.18. The normalized spacial score (nSPS) is 12.0. The van der Waals surface area contributed by atoms with E-state index in [2.05, 4.69) is 9.97 Å². The van der Waals surface area contributed by atoms with Gasteiger partial charge < -0.3 is 19.9 Å². The van der Waals surface area contributed by atoms with Crippen molar-refractivity contribution in [2.45, 2.75) is 12.1 Å². The molecule has 0 spiro atoms. The van der Waals surface area contributed by atoms with Gasteiger partial charge in [-0.1, -0.05) is 11.8 Å². The van der Waals surface area contributed by atoms with Gasteiger partial charge in [0, 0.05) is 11.8 Å². The van der Waals surface area contributed by atoms with Gasteiger partial charge in [-0.2, -0.15) is 0 Å². The highest BCUT2D eigenvalue weighted by molar-refractivity contribution is 7.99. The lowest BCUT2D eigenvalue weighted by Gasteiger charge is -2.06. The average Bonchev–Trinajstić information content (AvgIpc) is 3.07. The third-order valence-electron chi connectivity index (χ3n) is 3.32. The maximum atomic E-state index is 12.3. The summed E-state index contributed by atoms with van der Waals surface area (Å²) in [6.07, 6.45) is 1.30. The molecule has 2 heterocycles. The maximum Gasteiger partial charge on any atom is 0.343 e. The smallest absolute Gasteiger partial charge is 0.343 e. The number of esters is 1. The second-order valence-corrected chi connectivity index (χ2v) is 5.89. The van der Waals surface area contributed by atoms with Crippen molar-refractivity contribution < 1.29 is 23.8 Å². The number of ether oxygens (including phenoxy) is 3. The first kappa shape index (κ1) is 17.0. The highest BCUT2D eigenvalue weighted by atomic mass is 32.2. The molecule has 0 fully saturated rings. The van der Waals surface area contributed by atoms with Gasteiger partial charge >= 0.3 is 5.97 Å². The number of aromatic nitrogens is 2. The van der Waals surface area contributed by atoms with Crippen LogP contribution >= 0.6 is 11.8 Å². The minimum absolute atomic E-state index is 0.0199. The molecule has 1 aromatic heterocycles. The molecule has 0 radical (unpaired) electrons. The van der Waals surface area contributed by atoms with E-state index < -0.39 is 5.97 Å². The monoisotopic (exact) mass is 361 g/mol. The second kappa shape index (κ2) is 7.39. The zero-order chi connectivity index (χ0) is 17.8. The summed E-state index contributed by atoms with van der Waals surface area (Å²) in [4.78, 5) is 32.0. The molecule has 0 saturated carbocycles. The number of thioether (sulfide) groups is 1. The zero-order valence-corrected chi connectivity index (χ0v) is 14.2. The second-order valence-electron chi connectivity index (χ2n) is 4.95. The number of nitrogens with zero attached hydrogens (tertiary/aromatic N) is 2. The molecule has 2 aromatic rings. The van der Waals surface area contributed by atoms with Crippen LogP contribution in [0.3, 0.4) is 0 Å². The third-order valence-corrected chi connectivity index (χ3v) is 4.18. The number of anilines is 1. The van der Waals surface area contributed by atoms with Gasteiger partial charge in [0.15, 0.2) is 22.4 Å². The van der Waals surface area contributed by atoms with E-state index in [-0.39, 0.29) is 36.3 Å². The molecule has 2 N–H and O–H groups in total. The molecule has 0 aliphatic carbocycles. The summed E-state index contributed by atoms with van der Waals surface area (Å²) in [7, 11) is 0. The van der Waals surface area contributed by atoms with Crippen molar-refractivity contribution in [2.24, 2.45) is 0 Å². The van der Waals surface area contributed by atoms with Gasteiger partial charge in [-0.3, -0.25) is 4.79 Å². The Balaban J connectivity index is 1.64. The van der Waals surface area contributed by atoms with Crippen molar-refractivity contribution in [3.05, 3.63) is 35.5 Å². The largest absolute Gasteiger partial charge is 0.462 e. The van der Waals surface area contributed by atoms with Gasteiger partial charge in [0.1, 0.15) is 11.4 Å². The van der Waals surface area contributed by atoms with E-state index in [1.165, 1.54) is 6.20 Å². The standard InChI is InChI=1S/C16H15N3O5S/c1-2-22-15(21)10-6-18-16(19-14(10)17)25-7-11(20)9-3-4-12-13(5-9)24-8-23-12/h3-6H,2,7-8H2,1H3,(H2,17,18,19). The van der Waals surface area contributed by atoms with E-state index in [1.807, 2.05) is 0 Å². The molecular weight excluding hydrogens is 346 g/mol. The maximum absolute atomic E-state index is 12.3. The molecule has 0 saturated heterocycles. The van der Waals surface area contributed by atoms with Crippen molar-refractivity contribution in [2.75, 3.05) is 24.9 Å². The first-order valence-corrected chi connectivity index (χ1v) is 8.42. The molecule has 8 nitrogen and oxygen atoms in total. The SMILES string of the molecule is CCOC(=O)c1cnc(SCC(=O)c2ccc3c(c2)OCO3)nc1N. The molecule has 0 atom stereocenters. The summed E-state index contributed by atoms with van der Waals surface area (Å²) >= 11 is 1.13. The van der Waals surface area contributed by atoms with E-state index >= 15 is 0 Å². The number of fused-ring (bicyclic) bond motifs is 1. The summed E-state index contributed by atoms with van der Waals surface area (Å²) in [5.74, 6) is 0.627. The predicted molar refractivity (Wildman–Crippen MR) is 90.0 cm³/mol. The number of nitrogens with two attached hydrogens (primary N) is 1. The molecule has 3 rings (SSSR count). The molecule has 0 bridgehead atoms. The summed E-state index contributed by atoms with van der Waals surface area (Å²) in [5.41, 5.74) is 6.36. The first-order valence-electron chi connectivity index (χ1n) is 7.43. The van der Waals surface area contributed by atoms with Gasteiger partial charge in [0.25, 0.3) is 0 Å². The number of carbonyl (C=O) groups is 2. The first-order chi connectivity index (χ1) is 12.1. The molecule has 1 aromatic carbocycles. The molecule has 0 amide bonds. The number of Topliss-reactive ketones (excluding diaryl/α,β-unsaturated/α-hetero) is 1. The van der Waals surface area contributed by atoms with Gasteiger partial charge in [-0.05, 0) is 25.1 Å². The molecule has 25 heavy (non-hydrogen) atoms. The lowest BCUT2D eigenvalue weighted by Crippen LogP contribution is -2.11. The van der Waals surface area contributed by atoms with Crippen LogP contribution in [0.15, 0.2) is 29.6 Å². The molecule has 0 unspecified atom stereocenters. The van der Waals surface area contributed by atoms with Crippen molar-refractivity contribution in [3.8, 4) is 11.5 Å². The van der Waals surface area contributed by atoms with E-state index in [4.69, 9.17) is 19.9 Å². The number of carbonyl (C=O) groups excluding carboxylic acids is 2. The quantitative estimate of drug-likeness (QED) is 0.357. The average molecular weight is 361 g/mol. The topological polar surface area (TPSA) is 114 Å². The summed E-state index contributed by atoms with van der Waals surface area (Å²) in [6, 6.07) is 5.02. The van der Waals surface area contributed by atoms with E-state index in [0.717, 1.165) is 11.8 Å². The fraction of sp³-hybridized carbons (Fsp3) is 0.250. The number of nitrogen functional groups attached to an aromatic ring is 1. The van der Waals surface area contributed by atoms with Crippen LogP contribution in [-0.4, -0.2) is 40.9 Å². The molecule has 1 aliphatic heterocycles. The van der Waals surface area contributed by atoms with Crippen LogP contribution in [-0.2, 0) is 4.74 Å². The Labute approximate surface area is 147 Å². The van der Waals surface area contributed by atoms with Crippen LogP contribution in [0.5, 0.6) is 11.5 Å². The highest BCUT2D eigenvalue weighted by Crippen LogP contribution is 2.33. The van der Waals surface area contributed by atoms with E-state index in [1.54, 1.807) is 25.1 Å². The molecule has 1 aliphatic rings. The Morgan fingerprint density at radius 2 is 2.12 bits per heavy atom. The van der Waals surface area contributed by atoms with Crippen LogP contribution in [0.1, 0.15) is 27.6 Å². The van der Waals surface area contributed by atoms with Gasteiger partial charge in [-0.15, -0.1) is 0 Å². The minimum Gasteiger partial charge on any atom is -0.462 e. The Kier molecular flexibility index (Phi) is 5.03. The Hall–Kier alpha value is -2.81. The van der Waals surface area contributed by atoms with Crippen molar-refractivity contribution >= 4 is 29.3 Å². The van der Waals surface area contributed by atoms with Crippen molar-refractivity contribution in [3.63, 3.8) is 0 Å². The summed E-state index contributed by atoms with van der Waals surface area (Å²) in [6.45, 7) is 2.08. The molecule has 9 heteroatoms. The Morgan fingerprint density at radius 1 is 1.32 bits per heavy atom. The zero-order valence-electron chi connectivity index (χ0n) is 13.4. The lowest BCUT2D eigenvalue weighted by atomic mass is 10.1. The lowest BCUT2D eigenvalue weighted by molar-refractivity contribution is 0.0526. The number of ketones is 1. The Morgan fingerprint density at radius 3 is 2.88 bits per heavy atom. The van der Waals surface area contributed by atoms with Gasteiger partial charge in [0.05, 0.1) is 12.4 Å². The number of hydrogen-bond donors (Lipinski definition) is 1. The van der Waals surface area contributed by atoms with Crippen LogP contribution in [0.2, 0.25) is 0 Å². The summed E-state index contributed by atoms with van der Waals surface area (Å²) < 4.78 is 15.3. The van der Waals surface area contributed by atoms with Crippen molar-refractivity contribution in [1.82, 2.24) is 9.97 Å². The summed E-state index contributed by atoms with van der Waals surface area (Å²) in [5, 5.41) is 0.305. The number of benzene rings is 1. The van der Waals surface area contributed by atoms with Crippen LogP contribution < -0.4 is 15.2 Å². The fourth-order valence-corrected chi connectivity index (χ4v) is 2.81. The van der Waals surface area contributed by atoms with Crippen LogP contribution in [0, 0.1) is 0 Å². The minimum atomic E-state index is -0.576. The molecular formula is C16H15N3O5S. The third kappa shape index (κ3) is 3.82. The predicted octanol–water partition coefficient (Wildman–Crippen LogP) is 1.94. The van der Waals surface area contributed by atoms with Crippen LogP contribution in [0.25, 0.3) is 0 Å². The fourth-order valence-electron chi connectivity index (χ4n) is 2.10. The van der Waals surface area contributed by atoms with Crippen LogP contribution in [0.4, 0.5) is 5.82 Å². The molecule has 130 valence electrons. The van der Waals surface area contributed by atoms with Gasteiger partial charge in [-0.25, -0.2) is 14.8 Å². The van der Waals surface area contributed by atoms with Crippen molar-refractivity contribution in [1.29, 1.82) is 0 Å². The van der Waals surface area contributed by atoms with E-state index in [0.29, 0.717) is 22.2 Å².